The van der Waals surface area contributed by atoms with Crippen LogP contribution in [0.2, 0.25) is 40.2 Å². The molecule has 0 saturated heterocycles. The zero-order valence-electron chi connectivity index (χ0n) is 71.9. The summed E-state index contributed by atoms with van der Waals surface area (Å²) < 4.78 is 208. The van der Waals surface area contributed by atoms with Crippen LogP contribution in [0.25, 0.3) is 44.4 Å². The van der Waals surface area contributed by atoms with E-state index in [9.17, 15) is 85.1 Å². The van der Waals surface area contributed by atoms with E-state index in [1.165, 1.54) is 156 Å². The normalized spacial score (nSPS) is 11.7. The van der Waals surface area contributed by atoms with Crippen LogP contribution in [0.5, 0.6) is 5.75 Å². The summed E-state index contributed by atoms with van der Waals surface area (Å²) in [5, 5.41) is 13.2. The second kappa shape index (κ2) is 44.8. The van der Waals surface area contributed by atoms with Gasteiger partial charge in [0.15, 0.2) is 28.3 Å². The van der Waals surface area contributed by atoms with Crippen LogP contribution in [-0.2, 0) is 54.3 Å². The van der Waals surface area contributed by atoms with Gasteiger partial charge in [-0.1, -0.05) is 92.8 Å². The first-order valence-corrected chi connectivity index (χ1v) is 48.2. The monoisotopic (exact) mass is 2230 g/mol. The van der Waals surface area contributed by atoms with E-state index in [1.807, 2.05) is 0 Å². The fraction of sp³-hybridized carbons (Fsp3) is 0.140. The van der Waals surface area contributed by atoms with E-state index < -0.39 is 146 Å². The fourth-order valence-electron chi connectivity index (χ4n) is 13.0. The number of aromatic amines is 4. The summed E-state index contributed by atoms with van der Waals surface area (Å²) in [6, 6.07) is 31.1. The topological polar surface area (TPSA) is 485 Å². The number of ketones is 2. The number of hydrogen-bond acceptors (Lipinski definition) is 27. The van der Waals surface area contributed by atoms with Crippen molar-refractivity contribution in [3.05, 3.63) is 337 Å². The van der Waals surface area contributed by atoms with Crippen LogP contribution in [0, 0.1) is 51.0 Å². The number of ether oxygens (including phenoxy) is 4. The van der Waals surface area contributed by atoms with Crippen LogP contribution < -0.4 is 45.4 Å². The molecule has 0 aliphatic heterocycles. The summed E-state index contributed by atoms with van der Waals surface area (Å²) in [6.45, 7) is 5.43. The number of benzene rings is 8. The number of carbonyl (C=O) groups excluding carboxylic acids is 2. The third-order valence-corrected chi connectivity index (χ3v) is 29.2. The minimum Gasteiger partial charge on any atom is -0.490 e. The van der Waals surface area contributed by atoms with Crippen molar-refractivity contribution in [3.63, 3.8) is 0 Å². The number of hydrogen-bond donors (Lipinski definition) is 6. The molecule has 1 unspecified atom stereocenters. The molecule has 1 atom stereocenters. The molecule has 0 bridgehead atoms. The van der Waals surface area contributed by atoms with E-state index >= 15 is 0 Å². The second-order valence-electron chi connectivity index (χ2n) is 28.7. The Morgan fingerprint density at radius 2 is 0.755 bits per heavy atom. The van der Waals surface area contributed by atoms with Gasteiger partial charge in [-0.2, -0.15) is 0 Å². The van der Waals surface area contributed by atoms with Gasteiger partial charge in [0.2, 0.25) is 17.1 Å². The maximum Gasteiger partial charge on any atom is 0.417 e. The van der Waals surface area contributed by atoms with Crippen LogP contribution in [0.3, 0.4) is 0 Å². The number of sulfonamides is 4. The van der Waals surface area contributed by atoms with Crippen molar-refractivity contribution in [1.29, 1.82) is 0 Å². The van der Waals surface area contributed by atoms with Gasteiger partial charge in [0.05, 0.1) is 103 Å². The minimum absolute atomic E-state index is 0. The number of pyridine rings is 4. The predicted octanol–water partition coefficient (Wildman–Crippen LogP) is 18.7. The molecule has 35 nitrogen and oxygen atoms in total. The smallest absolute Gasteiger partial charge is 0.417 e. The zero-order valence-corrected chi connectivity index (χ0v) is 83.6. The SMILES string of the molecule is COCN(c1cc(Cl)cnc1Br)S(=O)(=O)c1ccc(Cl)c(C)c1.COCN(c1cc(Cl)cnc1C(=O)c1c(F)ccc2[nH]c(=O)oc12)S(=O)(=O)c1ccc(Cl)c(C)c1.COCN(c1cc(Cl)cnc1C(O)c1c(F)ccc2[nH]c(=O)oc12)S(=O)(=O)c1ccc(Cl)c(C)c1.COc1c(F)ccc2[nH]c(=O)oc12.Cc1cc(S(=O)(=O)Nc2cc(Cl)cnc2C(=O)c2c(F)ccc3[nH]c(=O)oc23)ccc1Cl.Cl. The number of H-pyrrole nitrogens is 4. The first-order chi connectivity index (χ1) is 65.1. The van der Waals surface area contributed by atoms with E-state index in [0.717, 1.165) is 49.6 Å². The van der Waals surface area contributed by atoms with Gasteiger partial charge in [-0.05, 0) is 211 Å². The number of fused-ring (bicyclic) bond motifs is 4. The lowest BCUT2D eigenvalue weighted by molar-refractivity contribution is 0.102. The molecular formula is C86H66BrCl9F4N12O23S4. The second-order valence-corrected chi connectivity index (χ2v) is 40.1. The molecule has 8 aromatic carbocycles. The lowest BCUT2D eigenvalue weighted by Gasteiger charge is -2.27. The van der Waals surface area contributed by atoms with E-state index in [0.29, 0.717) is 57.5 Å². The fourth-order valence-corrected chi connectivity index (χ4v) is 20.2. The van der Waals surface area contributed by atoms with Gasteiger partial charge in [-0.3, -0.25) is 39.2 Å². The summed E-state index contributed by atoms with van der Waals surface area (Å²) >= 11 is 51.3. The standard InChI is InChI=1S/C22H18Cl2FN3O6S.C22H16Cl2FN3O6S.C20H12Cl2FN3O5S.C14H13BrCl2N2O3S.C8H6FNO3.ClH/c2*1-11-7-13(3-4-14(11)24)35(31,32)28(10-33-2)17-8-12(23)9-26-19(17)20(29)18-15(25)5-6-16-21(18)34-22(30)27-16;1-9-6-11(2-3-12(9)22)32(29,30)26-15-7-10(21)8-24-17(15)18(27)16-13(23)4-5-14-19(16)31-20(28)25-14;1-9-5-11(3-4-12(9)17)23(20,21)19(8-22-2)13-6-10(16)7-18-14(13)15;1-12-6-4(9)2-3-5-7(6)13-8(11)10-5;/h3-9,20,29H,10H2,1-2H3,(H,27,30);3-9H,10H2,1-2H3,(H,27,30);2-8,26H,1H3,(H,25,28);3-7H,8H2,1-2H3;2-3H,1H3,(H,10,11);1H. The molecular weight excluding hydrogens is 2170 g/mol. The molecule has 0 saturated carbocycles. The highest BCUT2D eigenvalue weighted by Crippen LogP contribution is 2.41. The van der Waals surface area contributed by atoms with E-state index in [1.54, 1.807) is 33.8 Å². The van der Waals surface area contributed by atoms with Gasteiger partial charge in [0, 0.05) is 66.2 Å². The molecule has 0 fully saturated rings. The third-order valence-electron chi connectivity index (χ3n) is 19.5. The average Bonchev–Trinajstić information content (AvgIpc) is 1.72. The predicted molar refractivity (Wildman–Crippen MR) is 517 cm³/mol. The van der Waals surface area contributed by atoms with Crippen LogP contribution in [0.15, 0.2) is 231 Å². The number of methoxy groups -OCH3 is 4. The molecule has 730 valence electrons. The molecule has 16 rings (SSSR count). The lowest BCUT2D eigenvalue weighted by atomic mass is 10.0. The Labute approximate surface area is 837 Å². The molecule has 6 N–H and O–H groups in total. The Kier molecular flexibility index (Phi) is 34.7. The summed E-state index contributed by atoms with van der Waals surface area (Å²) in [7, 11) is -11.4. The van der Waals surface area contributed by atoms with Crippen LogP contribution >= 0.6 is 121 Å². The number of aliphatic hydroxyl groups excluding tert-OH is 1. The van der Waals surface area contributed by atoms with Crippen molar-refractivity contribution < 1.29 is 103 Å². The number of nitrogens with zero attached hydrogens (tertiary/aromatic N) is 7. The van der Waals surface area contributed by atoms with Gasteiger partial charge in [0.25, 0.3) is 40.1 Å². The number of anilines is 4. The Bertz CT molecular complexity index is 8250. The Morgan fingerprint density at radius 3 is 1.19 bits per heavy atom. The Hall–Kier alpha value is -11.8. The first kappa shape index (κ1) is 108. The molecule has 53 heteroatoms. The summed E-state index contributed by atoms with van der Waals surface area (Å²) in [6.07, 6.45) is 2.95. The average molecular weight is 2240 g/mol. The van der Waals surface area contributed by atoms with Crippen LogP contribution in [0.4, 0.5) is 40.3 Å². The Morgan fingerprint density at radius 1 is 0.424 bits per heavy atom. The van der Waals surface area contributed by atoms with Gasteiger partial charge in [-0.25, -0.2) is 98.3 Å². The highest BCUT2D eigenvalue weighted by molar-refractivity contribution is 9.10. The van der Waals surface area contributed by atoms with Crippen molar-refractivity contribution in [1.82, 2.24) is 39.9 Å². The number of aryl methyl sites for hydroxylation is 4. The van der Waals surface area contributed by atoms with Gasteiger partial charge < -0.3 is 41.7 Å². The van der Waals surface area contributed by atoms with Crippen molar-refractivity contribution in [2.75, 3.05) is 66.3 Å². The highest BCUT2D eigenvalue weighted by Gasteiger charge is 2.37. The number of carbonyl (C=O) groups is 2. The zero-order chi connectivity index (χ0) is 101. The first-order valence-electron chi connectivity index (χ1n) is 38.6. The third kappa shape index (κ3) is 23.8. The van der Waals surface area contributed by atoms with Crippen molar-refractivity contribution in [2.45, 2.75) is 53.4 Å². The molecule has 0 amide bonds. The molecule has 0 aliphatic rings. The summed E-state index contributed by atoms with van der Waals surface area (Å²) in [5.74, 6) is -8.81. The van der Waals surface area contributed by atoms with Gasteiger partial charge >= 0.3 is 23.0 Å². The van der Waals surface area contributed by atoms with Crippen LogP contribution in [0.1, 0.15) is 71.7 Å². The van der Waals surface area contributed by atoms with E-state index in [4.69, 9.17) is 129 Å². The Balaban J connectivity index is 0.000000171. The molecule has 16 aromatic rings. The largest absolute Gasteiger partial charge is 0.490 e. The van der Waals surface area contributed by atoms with Crippen LogP contribution in [-0.4, -0.2) is 139 Å². The van der Waals surface area contributed by atoms with Crippen molar-refractivity contribution >= 4 is 240 Å². The van der Waals surface area contributed by atoms with Gasteiger partial charge in [-0.15, -0.1) is 12.4 Å². The molecule has 8 aromatic heterocycles. The number of aliphatic hydroxyl groups is 1. The quantitative estimate of drug-likeness (QED) is 0.0134. The number of oxazole rings is 4. The van der Waals surface area contributed by atoms with E-state index in [-0.39, 0.29) is 127 Å². The maximum atomic E-state index is 14.8. The molecule has 0 spiro atoms. The number of halogens is 14. The number of nitrogens with one attached hydrogen (secondary N) is 5. The summed E-state index contributed by atoms with van der Waals surface area (Å²) in [4.78, 5) is 97.4. The molecule has 0 radical (unpaired) electrons. The van der Waals surface area contributed by atoms with Crippen molar-refractivity contribution in [2.24, 2.45) is 0 Å². The summed E-state index contributed by atoms with van der Waals surface area (Å²) in [5.41, 5.74) is -1.08. The molecule has 139 heavy (non-hydrogen) atoms. The minimum atomic E-state index is -4.33. The highest BCUT2D eigenvalue weighted by atomic mass is 79.9. The van der Waals surface area contributed by atoms with Crippen molar-refractivity contribution in [3.8, 4) is 5.75 Å². The van der Waals surface area contributed by atoms with Gasteiger partial charge in [0.1, 0.15) is 70.9 Å². The lowest BCUT2D eigenvalue weighted by Crippen LogP contribution is -2.34. The molecule has 8 heterocycles. The molecule has 0 aliphatic carbocycles. The van der Waals surface area contributed by atoms with E-state index in [2.05, 4.69) is 60.5 Å². The number of aromatic nitrogens is 8. The number of rotatable bonds is 25. The maximum absolute atomic E-state index is 14.8.